The van der Waals surface area contributed by atoms with Gasteiger partial charge >= 0.3 is 0 Å². The second-order valence-electron chi connectivity index (χ2n) is 13.0. The van der Waals surface area contributed by atoms with Gasteiger partial charge < -0.3 is 24.9 Å². The molecule has 2 aliphatic heterocycles. The zero-order valence-electron chi connectivity index (χ0n) is 26.1. The summed E-state index contributed by atoms with van der Waals surface area (Å²) in [7, 11) is 1.76. The Labute approximate surface area is 258 Å². The van der Waals surface area contributed by atoms with Crippen molar-refractivity contribution in [2.45, 2.75) is 52.1 Å². The smallest absolute Gasteiger partial charge is 0.226 e. The first-order valence-electron chi connectivity index (χ1n) is 16.0. The predicted octanol–water partition coefficient (Wildman–Crippen LogP) is 7.03. The molecule has 0 radical (unpaired) electrons. The summed E-state index contributed by atoms with van der Waals surface area (Å²) in [6.45, 7) is 8.81. The van der Waals surface area contributed by atoms with E-state index in [1.54, 1.807) is 7.11 Å². The number of carbonyl (C=O) groups is 1. The highest BCUT2D eigenvalue weighted by atomic mass is 16.5. The van der Waals surface area contributed by atoms with Gasteiger partial charge in [0.1, 0.15) is 11.6 Å². The standard InChI is InChI=1S/C36H42N6O2/c1-21(2)22(3)36(43)42-15-5-6-32(42)35-39-29-14-12-27-17-26(11-13-28(27)33(29)41-35)24-7-9-25(10-8-24)31-19-38-34(40-31)30-16-23(18-37-30)20-44-4/h7-14,17,19,21-23,30,32,37H,5-6,15-16,18,20H2,1-4H3,(H,38,40)(H,39,41)/t22-,23-,30-,32-/m0/s1. The van der Waals surface area contributed by atoms with E-state index in [1.807, 2.05) is 18.0 Å². The summed E-state index contributed by atoms with van der Waals surface area (Å²) in [6.07, 6.45) is 4.92. The van der Waals surface area contributed by atoms with Crippen molar-refractivity contribution in [1.29, 1.82) is 0 Å². The summed E-state index contributed by atoms with van der Waals surface area (Å²) < 4.78 is 5.33. The molecule has 0 saturated carbocycles. The molecule has 2 saturated heterocycles. The number of hydrogen-bond acceptors (Lipinski definition) is 5. The van der Waals surface area contributed by atoms with Crippen LogP contribution in [0.4, 0.5) is 0 Å². The van der Waals surface area contributed by atoms with Crippen LogP contribution in [0.15, 0.2) is 60.8 Å². The topological polar surface area (TPSA) is 98.9 Å². The van der Waals surface area contributed by atoms with Crippen molar-refractivity contribution in [3.05, 3.63) is 72.4 Å². The Balaban J connectivity index is 1.10. The minimum absolute atomic E-state index is 0.00818. The van der Waals surface area contributed by atoms with Gasteiger partial charge in [-0.15, -0.1) is 0 Å². The summed E-state index contributed by atoms with van der Waals surface area (Å²) in [6, 6.07) is 19.8. The van der Waals surface area contributed by atoms with Crippen LogP contribution in [-0.4, -0.2) is 57.5 Å². The summed E-state index contributed by atoms with van der Waals surface area (Å²) in [4.78, 5) is 32.1. The van der Waals surface area contributed by atoms with Crippen LogP contribution in [-0.2, 0) is 9.53 Å². The Morgan fingerprint density at radius 3 is 2.59 bits per heavy atom. The molecular weight excluding hydrogens is 548 g/mol. The molecule has 4 atom stereocenters. The third kappa shape index (κ3) is 5.30. The average Bonchev–Trinajstić information content (AvgIpc) is 3.86. The lowest BCUT2D eigenvalue weighted by Gasteiger charge is -2.27. The van der Waals surface area contributed by atoms with Gasteiger partial charge in [-0.25, -0.2) is 9.97 Å². The first-order valence-corrected chi connectivity index (χ1v) is 16.0. The van der Waals surface area contributed by atoms with E-state index in [4.69, 9.17) is 9.72 Å². The fourth-order valence-corrected chi connectivity index (χ4v) is 6.90. The van der Waals surface area contributed by atoms with E-state index >= 15 is 0 Å². The molecule has 2 fully saturated rings. The minimum Gasteiger partial charge on any atom is -0.384 e. The summed E-state index contributed by atoms with van der Waals surface area (Å²) in [5.74, 6) is 2.97. The lowest BCUT2D eigenvalue weighted by atomic mass is 9.96. The zero-order chi connectivity index (χ0) is 30.4. The van der Waals surface area contributed by atoms with Crippen molar-refractivity contribution in [3.63, 3.8) is 0 Å². The normalized spacial score (nSPS) is 21.2. The number of nitrogens with zero attached hydrogens (tertiary/aromatic N) is 3. The summed E-state index contributed by atoms with van der Waals surface area (Å²) >= 11 is 0. The molecule has 0 unspecified atom stereocenters. The van der Waals surface area contributed by atoms with E-state index in [-0.39, 0.29) is 23.9 Å². The molecule has 0 spiro atoms. The number of rotatable bonds is 8. The second-order valence-corrected chi connectivity index (χ2v) is 13.0. The molecule has 8 nitrogen and oxygen atoms in total. The Hall–Kier alpha value is -4.01. The van der Waals surface area contributed by atoms with Crippen molar-refractivity contribution >= 4 is 27.7 Å². The van der Waals surface area contributed by atoms with Crippen molar-refractivity contribution in [3.8, 4) is 22.4 Å². The van der Waals surface area contributed by atoms with Gasteiger partial charge in [0.2, 0.25) is 5.91 Å². The number of imidazole rings is 2. The Morgan fingerprint density at radius 1 is 1.00 bits per heavy atom. The first-order chi connectivity index (χ1) is 21.4. The van der Waals surface area contributed by atoms with Crippen molar-refractivity contribution in [2.24, 2.45) is 17.8 Å². The van der Waals surface area contributed by atoms with Crippen LogP contribution in [0.25, 0.3) is 44.2 Å². The molecule has 5 aromatic rings. The van der Waals surface area contributed by atoms with Crippen molar-refractivity contribution < 1.29 is 9.53 Å². The number of hydrogen-bond donors (Lipinski definition) is 3. The molecule has 4 heterocycles. The van der Waals surface area contributed by atoms with Gasteiger partial charge in [0.05, 0.1) is 41.6 Å². The molecule has 2 aliphatic rings. The van der Waals surface area contributed by atoms with Gasteiger partial charge in [-0.3, -0.25) is 4.79 Å². The van der Waals surface area contributed by atoms with Gasteiger partial charge in [-0.1, -0.05) is 63.2 Å². The van der Waals surface area contributed by atoms with Crippen molar-refractivity contribution in [2.75, 3.05) is 26.8 Å². The number of fused-ring (bicyclic) bond motifs is 3. The van der Waals surface area contributed by atoms with Crippen LogP contribution >= 0.6 is 0 Å². The molecule has 0 aliphatic carbocycles. The average molecular weight is 591 g/mol. The molecule has 7 rings (SSSR count). The van der Waals surface area contributed by atoms with E-state index < -0.39 is 0 Å². The number of nitrogens with one attached hydrogen (secondary N) is 3. The zero-order valence-corrected chi connectivity index (χ0v) is 26.1. The van der Waals surface area contributed by atoms with E-state index in [9.17, 15) is 4.79 Å². The van der Waals surface area contributed by atoms with Gasteiger partial charge in [0.25, 0.3) is 0 Å². The SMILES string of the molecule is COC[C@@H]1CN[C@H](c2ncc(-c3ccc(-c4ccc5c(ccc6[nH]c([C@@H]7CCCN7C(=O)[C@@H](C)C(C)C)nc65)c4)cc3)[nH]2)C1. The maximum Gasteiger partial charge on any atom is 0.226 e. The number of ether oxygens (including phenoxy) is 1. The Bertz CT molecular complexity index is 1790. The number of H-pyrrole nitrogens is 2. The van der Waals surface area contributed by atoms with E-state index in [0.717, 1.165) is 89.2 Å². The third-order valence-electron chi connectivity index (χ3n) is 9.81. The van der Waals surface area contributed by atoms with Gasteiger partial charge in [-0.2, -0.15) is 0 Å². The van der Waals surface area contributed by atoms with E-state index in [0.29, 0.717) is 11.8 Å². The number of benzene rings is 3. The monoisotopic (exact) mass is 590 g/mol. The largest absolute Gasteiger partial charge is 0.384 e. The Kier molecular flexibility index (Phi) is 7.72. The van der Waals surface area contributed by atoms with Crippen LogP contribution in [0.1, 0.15) is 63.8 Å². The van der Waals surface area contributed by atoms with Crippen LogP contribution in [0, 0.1) is 17.8 Å². The highest BCUT2D eigenvalue weighted by molar-refractivity contribution is 6.05. The third-order valence-corrected chi connectivity index (χ3v) is 9.81. The molecule has 8 heteroatoms. The molecule has 1 amide bonds. The molecule has 3 aromatic carbocycles. The number of likely N-dealkylation sites (tertiary alicyclic amines) is 1. The fourth-order valence-electron chi connectivity index (χ4n) is 6.90. The van der Waals surface area contributed by atoms with Gasteiger partial charge in [-0.05, 0) is 65.3 Å². The number of amides is 1. The molecule has 228 valence electrons. The number of aromatic amines is 2. The maximum absolute atomic E-state index is 13.2. The van der Waals surface area contributed by atoms with Crippen LogP contribution < -0.4 is 5.32 Å². The number of methoxy groups -OCH3 is 1. The second kappa shape index (κ2) is 11.8. The number of aromatic nitrogens is 4. The minimum atomic E-state index is 0.00818. The van der Waals surface area contributed by atoms with Crippen LogP contribution in [0.2, 0.25) is 0 Å². The van der Waals surface area contributed by atoms with Gasteiger partial charge in [0, 0.05) is 31.5 Å². The quantitative estimate of drug-likeness (QED) is 0.180. The Morgan fingerprint density at radius 2 is 1.80 bits per heavy atom. The summed E-state index contributed by atoms with van der Waals surface area (Å²) in [5.41, 5.74) is 6.46. The number of carbonyl (C=O) groups excluding carboxylic acids is 1. The summed E-state index contributed by atoms with van der Waals surface area (Å²) in [5, 5.41) is 5.83. The lowest BCUT2D eigenvalue weighted by Crippen LogP contribution is -2.36. The van der Waals surface area contributed by atoms with E-state index in [2.05, 4.69) is 88.7 Å². The molecule has 3 N–H and O–H groups in total. The highest BCUT2D eigenvalue weighted by Gasteiger charge is 2.35. The molecule has 44 heavy (non-hydrogen) atoms. The van der Waals surface area contributed by atoms with E-state index in [1.165, 1.54) is 5.56 Å². The first kappa shape index (κ1) is 28.7. The molecular formula is C36H42N6O2. The predicted molar refractivity (Wildman–Crippen MR) is 175 cm³/mol. The van der Waals surface area contributed by atoms with Crippen LogP contribution in [0.3, 0.4) is 0 Å². The maximum atomic E-state index is 13.2. The fraction of sp³-hybridized carbons (Fsp3) is 0.417. The molecule has 2 aromatic heterocycles. The highest BCUT2D eigenvalue weighted by Crippen LogP contribution is 2.36. The van der Waals surface area contributed by atoms with Crippen LogP contribution in [0.5, 0.6) is 0 Å². The van der Waals surface area contributed by atoms with Gasteiger partial charge in [0.15, 0.2) is 0 Å². The molecule has 0 bridgehead atoms. The lowest BCUT2D eigenvalue weighted by molar-refractivity contribution is -0.137. The van der Waals surface area contributed by atoms with Crippen molar-refractivity contribution in [1.82, 2.24) is 30.2 Å².